The highest BCUT2D eigenvalue weighted by Crippen LogP contribution is 2.05. The van der Waals surface area contributed by atoms with Gasteiger partial charge in [0.15, 0.2) is 4.32 Å². The van der Waals surface area contributed by atoms with Crippen LogP contribution in [0.3, 0.4) is 0 Å². The molecule has 0 fully saturated rings. The van der Waals surface area contributed by atoms with Gasteiger partial charge in [-0.3, -0.25) is 4.72 Å². The van der Waals surface area contributed by atoms with Gasteiger partial charge in [-0.25, -0.2) is 4.79 Å². The summed E-state index contributed by atoms with van der Waals surface area (Å²) in [7, 11) is 0. The van der Waals surface area contributed by atoms with Crippen molar-refractivity contribution in [1.29, 1.82) is 0 Å². The van der Waals surface area contributed by atoms with Crippen molar-refractivity contribution in [3.8, 4) is 0 Å². The second kappa shape index (κ2) is 7.87. The summed E-state index contributed by atoms with van der Waals surface area (Å²) in [5, 5.41) is 0. The first-order valence-electron chi connectivity index (χ1n) is 4.54. The van der Waals surface area contributed by atoms with Gasteiger partial charge in [-0.2, -0.15) is 0 Å². The van der Waals surface area contributed by atoms with Crippen LogP contribution in [0.2, 0.25) is 0 Å². The number of nitrogens with zero attached hydrogens (tertiary/aromatic N) is 1. The smallest absolute Gasteiger partial charge is 0.417 e. The Balaban J connectivity index is 3.77. The van der Waals surface area contributed by atoms with Crippen LogP contribution < -0.4 is 4.72 Å². The Morgan fingerprint density at radius 2 is 2.00 bits per heavy atom. The van der Waals surface area contributed by atoms with Gasteiger partial charge in [-0.1, -0.05) is 12.2 Å². The number of hydrogen-bond acceptors (Lipinski definition) is 4. The minimum Gasteiger partial charge on any atom is -0.449 e. The Labute approximate surface area is 94.5 Å². The third kappa shape index (κ3) is 5.29. The fourth-order valence-electron chi connectivity index (χ4n) is 0.792. The molecule has 0 aliphatic heterocycles. The van der Waals surface area contributed by atoms with Crippen molar-refractivity contribution in [2.24, 2.45) is 0 Å². The third-order valence-electron chi connectivity index (χ3n) is 1.52. The number of carbonyl (C=O) groups excluding carboxylic acids is 1. The van der Waals surface area contributed by atoms with Crippen molar-refractivity contribution < 1.29 is 9.53 Å². The molecule has 0 spiro atoms. The average Bonchev–Trinajstić information content (AvgIpc) is 2.17. The van der Waals surface area contributed by atoms with E-state index in [1.165, 1.54) is 0 Å². The molecule has 0 saturated heterocycles. The fourth-order valence-corrected chi connectivity index (χ4v) is 1.79. The summed E-state index contributed by atoms with van der Waals surface area (Å²) in [4.78, 5) is 12.9. The van der Waals surface area contributed by atoms with E-state index < -0.39 is 6.09 Å². The molecule has 0 aromatic carbocycles. The van der Waals surface area contributed by atoms with Crippen LogP contribution in [0.4, 0.5) is 4.79 Å². The van der Waals surface area contributed by atoms with Crippen molar-refractivity contribution in [3.63, 3.8) is 0 Å². The molecule has 1 amide bonds. The molecule has 1 N–H and O–H groups in total. The summed E-state index contributed by atoms with van der Waals surface area (Å²) in [6.07, 6.45) is -0.452. The lowest BCUT2D eigenvalue weighted by atomic mass is 10.6. The fraction of sp³-hybridized carbons (Fsp3) is 0.750. The number of thiocarbonyl (C=S) groups is 1. The van der Waals surface area contributed by atoms with Gasteiger partial charge < -0.3 is 9.64 Å². The van der Waals surface area contributed by atoms with Crippen LogP contribution in [0.25, 0.3) is 0 Å². The Hall–Kier alpha value is -0.490. The van der Waals surface area contributed by atoms with Gasteiger partial charge in [0.25, 0.3) is 0 Å². The summed E-state index contributed by atoms with van der Waals surface area (Å²) in [6.45, 7) is 7.83. The lowest BCUT2D eigenvalue weighted by molar-refractivity contribution is 0.159. The highest BCUT2D eigenvalue weighted by atomic mass is 32.2. The van der Waals surface area contributed by atoms with Gasteiger partial charge in [0.2, 0.25) is 0 Å². The number of nitrogens with one attached hydrogen (secondary N) is 1. The van der Waals surface area contributed by atoms with Crippen LogP contribution in [-0.4, -0.2) is 35.0 Å². The molecule has 82 valence electrons. The Kier molecular flexibility index (Phi) is 7.60. The standard InChI is InChI=1S/C8H16N2O2S2/c1-4-10(5-2)8(13)14-9-7(11)12-6-3/h4-6H2,1-3H3,(H,9,11). The van der Waals surface area contributed by atoms with Crippen molar-refractivity contribution in [2.75, 3.05) is 19.7 Å². The molecular formula is C8H16N2O2S2. The molecule has 4 nitrogen and oxygen atoms in total. The van der Waals surface area contributed by atoms with Crippen LogP contribution in [-0.2, 0) is 4.74 Å². The highest BCUT2D eigenvalue weighted by Gasteiger charge is 2.08. The minimum atomic E-state index is -0.452. The molecule has 0 aromatic heterocycles. The Morgan fingerprint density at radius 3 is 2.43 bits per heavy atom. The van der Waals surface area contributed by atoms with Crippen LogP contribution >= 0.6 is 24.2 Å². The van der Waals surface area contributed by atoms with Crippen LogP contribution in [0, 0.1) is 0 Å². The quantitative estimate of drug-likeness (QED) is 0.599. The first kappa shape index (κ1) is 13.5. The van der Waals surface area contributed by atoms with Crippen LogP contribution in [0.5, 0.6) is 0 Å². The number of carbonyl (C=O) groups is 1. The summed E-state index contributed by atoms with van der Waals surface area (Å²) in [5.74, 6) is 0. The first-order valence-corrected chi connectivity index (χ1v) is 5.76. The monoisotopic (exact) mass is 236 g/mol. The van der Waals surface area contributed by atoms with E-state index in [1.54, 1.807) is 6.92 Å². The molecule has 0 unspecified atom stereocenters. The van der Waals surface area contributed by atoms with E-state index in [4.69, 9.17) is 17.0 Å². The number of ether oxygens (including phenoxy) is 1. The third-order valence-corrected chi connectivity index (χ3v) is 2.73. The van der Waals surface area contributed by atoms with E-state index in [-0.39, 0.29) is 0 Å². The number of rotatable bonds is 3. The molecule has 0 heterocycles. The maximum absolute atomic E-state index is 10.9. The molecule has 0 rings (SSSR count). The molecule has 0 aliphatic carbocycles. The lowest BCUT2D eigenvalue weighted by Crippen LogP contribution is -2.30. The molecule has 0 bridgehead atoms. The van der Waals surface area contributed by atoms with Gasteiger partial charge in [-0.05, 0) is 20.8 Å². The predicted octanol–water partition coefficient (Wildman–Crippen LogP) is 2.01. The SMILES string of the molecule is CCOC(=O)NSC(=S)N(CC)CC. The maximum Gasteiger partial charge on any atom is 0.417 e. The lowest BCUT2D eigenvalue weighted by Gasteiger charge is -2.20. The number of hydrogen-bond donors (Lipinski definition) is 1. The zero-order chi connectivity index (χ0) is 11.0. The predicted molar refractivity (Wildman–Crippen MR) is 63.3 cm³/mol. The molecule has 0 atom stereocenters. The summed E-state index contributed by atoms with van der Waals surface area (Å²) in [6, 6.07) is 0. The Bertz CT molecular complexity index is 196. The minimum absolute atomic E-state index is 0.366. The van der Waals surface area contributed by atoms with Gasteiger partial charge in [0.05, 0.1) is 6.61 Å². The maximum atomic E-state index is 10.9. The van der Waals surface area contributed by atoms with E-state index >= 15 is 0 Å². The second-order valence-corrected chi connectivity index (χ2v) is 3.80. The highest BCUT2D eigenvalue weighted by molar-refractivity contribution is 8.21. The molecule has 6 heteroatoms. The largest absolute Gasteiger partial charge is 0.449 e. The van der Waals surface area contributed by atoms with Crippen molar-refractivity contribution in [1.82, 2.24) is 9.62 Å². The van der Waals surface area contributed by atoms with E-state index in [1.807, 2.05) is 18.7 Å². The molecule has 0 aliphatic rings. The summed E-state index contributed by atoms with van der Waals surface area (Å²) in [5.41, 5.74) is 0. The molecular weight excluding hydrogens is 220 g/mol. The topological polar surface area (TPSA) is 41.6 Å². The van der Waals surface area contributed by atoms with E-state index in [9.17, 15) is 4.79 Å². The zero-order valence-electron chi connectivity index (χ0n) is 8.70. The van der Waals surface area contributed by atoms with E-state index in [0.29, 0.717) is 10.9 Å². The molecule has 0 saturated carbocycles. The van der Waals surface area contributed by atoms with Gasteiger partial charge in [0.1, 0.15) is 0 Å². The van der Waals surface area contributed by atoms with Crippen LogP contribution in [0.1, 0.15) is 20.8 Å². The zero-order valence-corrected chi connectivity index (χ0v) is 10.3. The van der Waals surface area contributed by atoms with Gasteiger partial charge in [0, 0.05) is 25.0 Å². The second-order valence-electron chi connectivity index (χ2n) is 2.36. The average molecular weight is 236 g/mol. The van der Waals surface area contributed by atoms with E-state index in [2.05, 4.69) is 4.72 Å². The molecule has 0 radical (unpaired) electrons. The van der Waals surface area contributed by atoms with Gasteiger partial charge >= 0.3 is 6.09 Å². The summed E-state index contributed by atoms with van der Waals surface area (Å²) >= 11 is 6.21. The molecule has 14 heavy (non-hydrogen) atoms. The normalized spacial score (nSPS) is 9.36. The molecule has 0 aromatic rings. The van der Waals surface area contributed by atoms with Crippen molar-refractivity contribution >= 4 is 34.6 Å². The Morgan fingerprint density at radius 1 is 1.43 bits per heavy atom. The van der Waals surface area contributed by atoms with Crippen molar-refractivity contribution in [2.45, 2.75) is 20.8 Å². The summed E-state index contributed by atoms with van der Waals surface area (Å²) < 4.78 is 7.85. The van der Waals surface area contributed by atoms with Gasteiger partial charge in [-0.15, -0.1) is 0 Å². The van der Waals surface area contributed by atoms with Crippen LogP contribution in [0.15, 0.2) is 0 Å². The van der Waals surface area contributed by atoms with Crippen molar-refractivity contribution in [3.05, 3.63) is 0 Å². The van der Waals surface area contributed by atoms with E-state index in [0.717, 1.165) is 25.0 Å². The number of amides is 1. The first-order chi connectivity index (χ1) is 6.65.